The topological polar surface area (TPSA) is 91.4 Å². The maximum Gasteiger partial charge on any atom is 0.319 e. The summed E-state index contributed by atoms with van der Waals surface area (Å²) in [6.07, 6.45) is 1.98. The number of methoxy groups -OCH3 is 1. The molecule has 0 radical (unpaired) electrons. The van der Waals surface area contributed by atoms with Crippen LogP contribution >= 0.6 is 0 Å². The summed E-state index contributed by atoms with van der Waals surface area (Å²) in [4.78, 5) is 43.3. The Morgan fingerprint density at radius 3 is 2.39 bits per heavy atom. The highest BCUT2D eigenvalue weighted by Crippen LogP contribution is 2.56. The van der Waals surface area contributed by atoms with Gasteiger partial charge in [-0.05, 0) is 64.4 Å². The van der Waals surface area contributed by atoms with Crippen molar-refractivity contribution in [3.05, 3.63) is 96.1 Å². The zero-order chi connectivity index (χ0) is 27.8. The number of imide groups is 1. The van der Waals surface area contributed by atoms with Crippen LogP contribution in [0, 0.1) is 17.8 Å². The molecule has 1 saturated heterocycles. The van der Waals surface area contributed by atoms with E-state index < -0.39 is 35.5 Å². The van der Waals surface area contributed by atoms with Crippen LogP contribution in [0.2, 0.25) is 0 Å². The number of esters is 1. The molecule has 0 N–H and O–H groups in total. The minimum Gasteiger partial charge on any atom is -0.497 e. The van der Waals surface area contributed by atoms with Gasteiger partial charge in [0.2, 0.25) is 18.6 Å². The number of hydrogen-bond donors (Lipinski definition) is 0. The average molecular weight is 546 g/mol. The van der Waals surface area contributed by atoms with Crippen LogP contribution in [0.5, 0.6) is 23.0 Å². The zero-order valence-electron chi connectivity index (χ0n) is 21.9. The van der Waals surface area contributed by atoms with Gasteiger partial charge in [-0.1, -0.05) is 42.5 Å². The highest BCUT2D eigenvalue weighted by Gasteiger charge is 2.60. The van der Waals surface area contributed by atoms with E-state index in [0.717, 1.165) is 21.9 Å². The highest BCUT2D eigenvalue weighted by molar-refractivity contribution is 6.25. The number of amides is 2. The van der Waals surface area contributed by atoms with Crippen LogP contribution in [0.3, 0.4) is 0 Å². The second kappa shape index (κ2) is 8.69. The first kappa shape index (κ1) is 23.7. The lowest BCUT2D eigenvalue weighted by Gasteiger charge is -2.38. The van der Waals surface area contributed by atoms with Gasteiger partial charge in [-0.2, -0.15) is 0 Å². The number of fused-ring (bicyclic) bond motifs is 8. The number of anilines is 1. The van der Waals surface area contributed by atoms with Crippen molar-refractivity contribution in [2.24, 2.45) is 17.8 Å². The van der Waals surface area contributed by atoms with Gasteiger partial charge in [0.1, 0.15) is 11.5 Å². The van der Waals surface area contributed by atoms with Gasteiger partial charge in [-0.15, -0.1) is 0 Å². The molecule has 8 nitrogen and oxygen atoms in total. The summed E-state index contributed by atoms with van der Waals surface area (Å²) in [6, 6.07) is 23.9. The Kier molecular flexibility index (Phi) is 5.04. The molecule has 4 aromatic carbocycles. The molecular weight excluding hydrogens is 522 g/mol. The smallest absolute Gasteiger partial charge is 0.319 e. The molecule has 4 aromatic rings. The van der Waals surface area contributed by atoms with E-state index in [-0.39, 0.29) is 12.7 Å². The molecule has 1 fully saturated rings. The number of carbonyl (C=O) groups is 3. The van der Waals surface area contributed by atoms with Crippen molar-refractivity contribution in [1.82, 2.24) is 0 Å². The normalized spacial score (nSPS) is 24.0. The van der Waals surface area contributed by atoms with E-state index in [2.05, 4.69) is 0 Å². The van der Waals surface area contributed by atoms with Gasteiger partial charge in [-0.25, -0.2) is 4.90 Å². The third kappa shape index (κ3) is 3.37. The van der Waals surface area contributed by atoms with Crippen molar-refractivity contribution in [3.63, 3.8) is 0 Å². The Hall–Kier alpha value is -5.11. The quantitative estimate of drug-likeness (QED) is 0.201. The van der Waals surface area contributed by atoms with E-state index in [1.54, 1.807) is 37.4 Å². The van der Waals surface area contributed by atoms with Crippen LogP contribution in [-0.2, 0) is 14.4 Å². The van der Waals surface area contributed by atoms with Gasteiger partial charge >= 0.3 is 5.97 Å². The molecular formula is C33H23NO7. The van der Waals surface area contributed by atoms with Crippen molar-refractivity contribution in [3.8, 4) is 23.0 Å². The lowest BCUT2D eigenvalue weighted by molar-refractivity contribution is -0.142. The fourth-order valence-corrected chi connectivity index (χ4v) is 6.76. The third-order valence-corrected chi connectivity index (χ3v) is 8.59. The molecule has 8 rings (SSSR count). The minimum absolute atomic E-state index is 0.118. The van der Waals surface area contributed by atoms with Gasteiger partial charge in [-0.3, -0.25) is 14.4 Å². The third-order valence-electron chi connectivity index (χ3n) is 8.59. The molecule has 41 heavy (non-hydrogen) atoms. The molecule has 3 heterocycles. The summed E-state index contributed by atoms with van der Waals surface area (Å²) < 4.78 is 22.3. The Balaban J connectivity index is 1.34. The Morgan fingerprint density at radius 2 is 1.56 bits per heavy atom. The first-order valence-corrected chi connectivity index (χ1v) is 13.4. The van der Waals surface area contributed by atoms with E-state index >= 15 is 0 Å². The van der Waals surface area contributed by atoms with E-state index in [0.29, 0.717) is 34.3 Å². The molecule has 0 unspecified atom stereocenters. The summed E-state index contributed by atoms with van der Waals surface area (Å²) in [5.74, 6) is -2.25. The molecule has 1 aliphatic carbocycles. The summed E-state index contributed by atoms with van der Waals surface area (Å²) in [5.41, 5.74) is 2.71. The number of carbonyl (C=O) groups excluding carboxylic acids is 3. The zero-order valence-corrected chi connectivity index (χ0v) is 21.9. The number of benzene rings is 4. The fourth-order valence-electron chi connectivity index (χ4n) is 6.76. The maximum absolute atomic E-state index is 14.2. The van der Waals surface area contributed by atoms with Crippen LogP contribution in [0.4, 0.5) is 5.69 Å². The Morgan fingerprint density at radius 1 is 0.805 bits per heavy atom. The van der Waals surface area contributed by atoms with Crippen LogP contribution in [0.25, 0.3) is 16.3 Å². The van der Waals surface area contributed by atoms with Crippen molar-refractivity contribution >= 4 is 39.8 Å². The van der Waals surface area contributed by atoms with E-state index in [4.69, 9.17) is 18.9 Å². The lowest BCUT2D eigenvalue weighted by atomic mass is 9.64. The summed E-state index contributed by atoms with van der Waals surface area (Å²) in [5, 5.41) is 1.90. The molecule has 4 atom stereocenters. The van der Waals surface area contributed by atoms with E-state index in [1.165, 1.54) is 4.90 Å². The number of allylic oxidation sites excluding steroid dienone is 1. The van der Waals surface area contributed by atoms with Gasteiger partial charge in [0.25, 0.3) is 0 Å². The number of rotatable bonds is 3. The molecule has 3 aliphatic heterocycles. The second-order valence-electron chi connectivity index (χ2n) is 10.6. The van der Waals surface area contributed by atoms with Gasteiger partial charge in [0.15, 0.2) is 11.5 Å². The van der Waals surface area contributed by atoms with Gasteiger partial charge in [0, 0.05) is 11.5 Å². The van der Waals surface area contributed by atoms with Gasteiger partial charge < -0.3 is 18.9 Å². The van der Waals surface area contributed by atoms with Crippen molar-refractivity contribution in [2.45, 2.75) is 5.92 Å². The maximum atomic E-state index is 14.2. The minimum atomic E-state index is -0.945. The highest BCUT2D eigenvalue weighted by atomic mass is 16.7. The van der Waals surface area contributed by atoms with Crippen molar-refractivity contribution in [2.75, 3.05) is 18.8 Å². The largest absolute Gasteiger partial charge is 0.497 e. The second-order valence-corrected chi connectivity index (χ2v) is 10.6. The first-order chi connectivity index (χ1) is 20.0. The van der Waals surface area contributed by atoms with Gasteiger partial charge in [0.05, 0.1) is 30.6 Å². The Labute approximate surface area is 234 Å². The summed E-state index contributed by atoms with van der Waals surface area (Å²) in [7, 11) is 1.55. The summed E-state index contributed by atoms with van der Waals surface area (Å²) in [6.45, 7) is 0.118. The number of hydrogen-bond acceptors (Lipinski definition) is 7. The molecule has 0 saturated carbocycles. The molecule has 0 aromatic heterocycles. The van der Waals surface area contributed by atoms with Crippen LogP contribution < -0.4 is 23.8 Å². The predicted molar refractivity (Wildman–Crippen MR) is 149 cm³/mol. The summed E-state index contributed by atoms with van der Waals surface area (Å²) >= 11 is 0. The van der Waals surface area contributed by atoms with E-state index in [9.17, 15) is 14.4 Å². The monoisotopic (exact) mass is 545 g/mol. The molecule has 8 heteroatoms. The Bertz CT molecular complexity index is 1830. The lowest BCUT2D eigenvalue weighted by Crippen LogP contribution is -2.42. The molecule has 2 amide bonds. The van der Waals surface area contributed by atoms with Crippen LogP contribution in [0.15, 0.2) is 84.9 Å². The van der Waals surface area contributed by atoms with Crippen LogP contribution in [-0.4, -0.2) is 31.7 Å². The average Bonchev–Trinajstić information content (AvgIpc) is 3.58. The fraction of sp³-hybridized carbons (Fsp3) is 0.182. The number of ether oxygens (including phenoxy) is 4. The SMILES string of the molecule is COc1ccc(N2C(=O)[C@@H]3[C@@H]4C(=O)Oc5ccc6ccccc6c5C4=C[C@@H](c4ccc5c(c4)OCO5)[C@H]3C2=O)cc1. The van der Waals surface area contributed by atoms with Crippen molar-refractivity contribution < 1.29 is 33.3 Å². The molecule has 4 aliphatic rings. The molecule has 0 bridgehead atoms. The van der Waals surface area contributed by atoms with Crippen molar-refractivity contribution in [1.29, 1.82) is 0 Å². The molecule has 202 valence electrons. The van der Waals surface area contributed by atoms with E-state index in [1.807, 2.05) is 54.6 Å². The standard InChI is InChI=1S/C33H23NO7/c1-38-20-10-8-19(9-11-20)34-31(35)28-22(18-7-12-24-26(14-18)40-16-39-24)15-23-27-21-5-3-2-4-17(21)6-13-25(27)41-33(37)29(23)30(28)32(34)36/h2-15,22,28-30H,16H2,1H3/t22-,28+,29+,30-/m0/s1. The number of nitrogens with zero attached hydrogens (tertiary/aromatic N) is 1. The molecule has 0 spiro atoms. The first-order valence-electron chi connectivity index (χ1n) is 13.4. The predicted octanol–water partition coefficient (Wildman–Crippen LogP) is 5.10. The van der Waals surface area contributed by atoms with Crippen LogP contribution in [0.1, 0.15) is 17.0 Å².